The first-order chi connectivity index (χ1) is 9.08. The first kappa shape index (κ1) is 13.3. The number of carbonyl (C=O) groups is 2. The van der Waals surface area contributed by atoms with Crippen molar-refractivity contribution in [3.8, 4) is 0 Å². The van der Waals surface area contributed by atoms with Crippen LogP contribution in [0.3, 0.4) is 0 Å². The average molecular weight is 275 g/mol. The fourth-order valence-corrected chi connectivity index (χ4v) is 2.35. The third kappa shape index (κ3) is 3.20. The Morgan fingerprint density at radius 3 is 2.42 bits per heavy atom. The zero-order chi connectivity index (χ0) is 13.8. The number of hydrogen-bond donors (Lipinski definition) is 1. The van der Waals surface area contributed by atoms with Crippen molar-refractivity contribution in [1.82, 2.24) is 0 Å². The number of amides is 1. The molecule has 0 aliphatic rings. The van der Waals surface area contributed by atoms with Crippen molar-refractivity contribution in [2.45, 2.75) is 6.42 Å². The topological polar surface area (TPSA) is 57.6 Å². The first-order valence-electron chi connectivity index (χ1n) is 5.70. The molecule has 0 radical (unpaired) electrons. The first-order valence-corrected chi connectivity index (χ1v) is 6.58. The number of nitrogens with zero attached hydrogens (tertiary/aromatic N) is 1. The van der Waals surface area contributed by atoms with Crippen LogP contribution in [0.15, 0.2) is 41.8 Å². The maximum absolute atomic E-state index is 12.0. The van der Waals surface area contributed by atoms with Crippen LogP contribution in [-0.2, 0) is 11.2 Å². The largest absolute Gasteiger partial charge is 0.478 e. The number of anilines is 1. The van der Waals surface area contributed by atoms with Gasteiger partial charge in [0.25, 0.3) is 0 Å². The highest BCUT2D eigenvalue weighted by atomic mass is 32.1. The summed E-state index contributed by atoms with van der Waals surface area (Å²) in [5.41, 5.74) is 0.898. The second-order valence-electron chi connectivity index (χ2n) is 4.06. The molecule has 98 valence electrons. The molecule has 2 rings (SSSR count). The average Bonchev–Trinajstić information content (AvgIpc) is 2.90. The molecule has 19 heavy (non-hydrogen) atoms. The summed E-state index contributed by atoms with van der Waals surface area (Å²) in [7, 11) is 1.69. The summed E-state index contributed by atoms with van der Waals surface area (Å²) in [6.45, 7) is 0. The monoisotopic (exact) mass is 275 g/mol. The van der Waals surface area contributed by atoms with Gasteiger partial charge in [0.15, 0.2) is 0 Å². The van der Waals surface area contributed by atoms with Crippen LogP contribution in [-0.4, -0.2) is 24.0 Å². The van der Waals surface area contributed by atoms with Gasteiger partial charge >= 0.3 is 5.97 Å². The summed E-state index contributed by atoms with van der Waals surface area (Å²) in [5.74, 6) is -0.996. The molecule has 1 aromatic carbocycles. The smallest absolute Gasteiger partial charge is 0.335 e. The quantitative estimate of drug-likeness (QED) is 0.933. The van der Waals surface area contributed by atoms with Gasteiger partial charge in [-0.25, -0.2) is 4.79 Å². The molecular formula is C14H13NO3S. The predicted octanol–water partition coefficient (Wildman–Crippen LogP) is 2.65. The van der Waals surface area contributed by atoms with Crippen molar-refractivity contribution in [3.05, 3.63) is 52.2 Å². The van der Waals surface area contributed by atoms with E-state index in [-0.39, 0.29) is 11.5 Å². The maximum atomic E-state index is 12.0. The molecule has 5 heteroatoms. The minimum Gasteiger partial charge on any atom is -0.478 e. The van der Waals surface area contributed by atoms with Crippen molar-refractivity contribution in [3.63, 3.8) is 0 Å². The Morgan fingerprint density at radius 1 is 1.21 bits per heavy atom. The summed E-state index contributed by atoms with van der Waals surface area (Å²) in [5, 5.41) is 10.8. The van der Waals surface area contributed by atoms with Crippen LogP contribution >= 0.6 is 11.3 Å². The van der Waals surface area contributed by atoms with E-state index in [0.717, 1.165) is 4.88 Å². The van der Waals surface area contributed by atoms with Crippen LogP contribution in [0.5, 0.6) is 0 Å². The Labute approximate surface area is 114 Å². The van der Waals surface area contributed by atoms with Crippen LogP contribution < -0.4 is 4.90 Å². The number of likely N-dealkylation sites (N-methyl/N-ethyl adjacent to an activating group) is 1. The number of aromatic carboxylic acids is 1. The molecule has 0 spiro atoms. The molecule has 4 nitrogen and oxygen atoms in total. The van der Waals surface area contributed by atoms with Gasteiger partial charge < -0.3 is 10.0 Å². The molecule has 0 atom stereocenters. The van der Waals surface area contributed by atoms with Crippen molar-refractivity contribution >= 4 is 28.9 Å². The van der Waals surface area contributed by atoms with Crippen molar-refractivity contribution < 1.29 is 14.7 Å². The molecule has 0 bridgehead atoms. The molecular weight excluding hydrogens is 262 g/mol. The normalized spacial score (nSPS) is 10.2. The molecule has 1 heterocycles. The van der Waals surface area contributed by atoms with Gasteiger partial charge in [0.05, 0.1) is 12.0 Å². The van der Waals surface area contributed by atoms with Gasteiger partial charge in [-0.1, -0.05) is 6.07 Å². The second-order valence-corrected chi connectivity index (χ2v) is 5.09. The van der Waals surface area contributed by atoms with E-state index in [4.69, 9.17) is 5.11 Å². The van der Waals surface area contributed by atoms with Crippen molar-refractivity contribution in [2.24, 2.45) is 0 Å². The Bertz CT molecular complexity index is 575. The molecule has 0 fully saturated rings. The van der Waals surface area contributed by atoms with E-state index >= 15 is 0 Å². The van der Waals surface area contributed by atoms with E-state index in [1.54, 1.807) is 30.5 Å². The molecule has 0 aliphatic heterocycles. The summed E-state index contributed by atoms with van der Waals surface area (Å²) in [6, 6.07) is 10.1. The van der Waals surface area contributed by atoms with Gasteiger partial charge in [-0.15, -0.1) is 11.3 Å². The zero-order valence-electron chi connectivity index (χ0n) is 10.4. The van der Waals surface area contributed by atoms with Gasteiger partial charge in [0.2, 0.25) is 5.91 Å². The molecule has 0 unspecified atom stereocenters. The Morgan fingerprint density at radius 2 is 1.89 bits per heavy atom. The SMILES string of the molecule is CN(C(=O)Cc1cccs1)c1ccc(C(=O)O)cc1. The summed E-state index contributed by atoms with van der Waals surface area (Å²) in [4.78, 5) is 25.3. The lowest BCUT2D eigenvalue weighted by molar-refractivity contribution is -0.117. The van der Waals surface area contributed by atoms with Gasteiger partial charge in [-0.2, -0.15) is 0 Å². The fourth-order valence-electron chi connectivity index (χ4n) is 1.65. The summed E-state index contributed by atoms with van der Waals surface area (Å²) in [6.07, 6.45) is 0.356. The minimum absolute atomic E-state index is 0.0227. The second kappa shape index (κ2) is 5.67. The fraction of sp³-hybridized carbons (Fsp3) is 0.143. The Kier molecular flexibility index (Phi) is 3.97. The molecule has 0 aliphatic carbocycles. The number of carboxylic acids is 1. The standard InChI is InChI=1S/C14H13NO3S/c1-15(13(16)9-12-3-2-8-19-12)11-6-4-10(5-7-11)14(17)18/h2-8H,9H2,1H3,(H,17,18). The summed E-state index contributed by atoms with van der Waals surface area (Å²) < 4.78 is 0. The predicted molar refractivity (Wildman–Crippen MR) is 74.8 cm³/mol. The number of hydrogen-bond acceptors (Lipinski definition) is 3. The van der Waals surface area contributed by atoms with Crippen LogP contribution in [0.2, 0.25) is 0 Å². The zero-order valence-corrected chi connectivity index (χ0v) is 11.2. The van der Waals surface area contributed by atoms with Gasteiger partial charge in [-0.05, 0) is 35.7 Å². The van der Waals surface area contributed by atoms with E-state index in [1.165, 1.54) is 17.0 Å². The van der Waals surface area contributed by atoms with Gasteiger partial charge in [-0.3, -0.25) is 4.79 Å². The molecule has 0 saturated heterocycles. The molecule has 2 aromatic rings. The van der Waals surface area contributed by atoms with Crippen LogP contribution in [0, 0.1) is 0 Å². The highest BCUT2D eigenvalue weighted by Gasteiger charge is 2.12. The highest BCUT2D eigenvalue weighted by Crippen LogP contribution is 2.17. The van der Waals surface area contributed by atoms with Crippen molar-refractivity contribution in [2.75, 3.05) is 11.9 Å². The molecule has 0 saturated carbocycles. The lowest BCUT2D eigenvalue weighted by Gasteiger charge is -2.17. The summed E-state index contributed by atoms with van der Waals surface area (Å²) >= 11 is 1.54. The highest BCUT2D eigenvalue weighted by molar-refractivity contribution is 7.10. The Balaban J connectivity index is 2.08. The van der Waals surface area contributed by atoms with E-state index in [1.807, 2.05) is 17.5 Å². The minimum atomic E-state index is -0.973. The molecule has 1 amide bonds. The number of carbonyl (C=O) groups excluding carboxylic acids is 1. The van der Waals surface area contributed by atoms with E-state index in [2.05, 4.69) is 0 Å². The van der Waals surface area contributed by atoms with E-state index in [9.17, 15) is 9.59 Å². The molecule has 1 aromatic heterocycles. The van der Waals surface area contributed by atoms with Crippen LogP contribution in [0.4, 0.5) is 5.69 Å². The van der Waals surface area contributed by atoms with Crippen LogP contribution in [0.25, 0.3) is 0 Å². The lowest BCUT2D eigenvalue weighted by atomic mass is 10.2. The van der Waals surface area contributed by atoms with Crippen LogP contribution in [0.1, 0.15) is 15.2 Å². The van der Waals surface area contributed by atoms with E-state index in [0.29, 0.717) is 12.1 Å². The van der Waals surface area contributed by atoms with E-state index < -0.39 is 5.97 Å². The molecule has 1 N–H and O–H groups in total. The van der Waals surface area contributed by atoms with Crippen molar-refractivity contribution in [1.29, 1.82) is 0 Å². The lowest BCUT2D eigenvalue weighted by Crippen LogP contribution is -2.27. The number of rotatable bonds is 4. The number of thiophene rings is 1. The number of benzene rings is 1. The maximum Gasteiger partial charge on any atom is 0.335 e. The van der Waals surface area contributed by atoms with Gasteiger partial charge in [0.1, 0.15) is 0 Å². The third-order valence-corrected chi connectivity index (χ3v) is 3.66. The Hall–Kier alpha value is -2.14. The third-order valence-electron chi connectivity index (χ3n) is 2.78. The number of carboxylic acid groups (broad SMARTS) is 1. The van der Waals surface area contributed by atoms with Gasteiger partial charge in [0, 0.05) is 17.6 Å².